The minimum atomic E-state index is 0.243. The van der Waals surface area contributed by atoms with Gasteiger partial charge < -0.3 is 13.8 Å². The molecule has 0 saturated carbocycles. The van der Waals surface area contributed by atoms with Gasteiger partial charge in [0.05, 0.1) is 12.3 Å². The molecule has 1 atom stereocenters. The van der Waals surface area contributed by atoms with Crippen molar-refractivity contribution in [1.82, 2.24) is 15.3 Å². The van der Waals surface area contributed by atoms with Crippen LogP contribution in [0.25, 0.3) is 11.5 Å². The molecular weight excluding hydrogens is 222 g/mol. The molecule has 0 N–H and O–H groups in total. The highest BCUT2D eigenvalue weighted by Gasteiger charge is 2.25. The number of rotatable bonds is 2. The smallest absolute Gasteiger partial charge is 0.263 e. The Labute approximate surface area is 97.9 Å². The summed E-state index contributed by atoms with van der Waals surface area (Å²) in [5, 5.41) is 7.87. The Morgan fingerprint density at radius 2 is 2.06 bits per heavy atom. The van der Waals surface area contributed by atoms with E-state index in [-0.39, 0.29) is 5.92 Å². The lowest BCUT2D eigenvalue weighted by Gasteiger charge is -1.97. The third-order valence-corrected chi connectivity index (χ3v) is 2.98. The van der Waals surface area contributed by atoms with Gasteiger partial charge in [0.25, 0.3) is 5.89 Å². The summed E-state index contributed by atoms with van der Waals surface area (Å²) in [4.78, 5) is 4.40. The SMILES string of the molecule is Cc1noc(C)c1-c1nc([C@@H]2CCOC2)no1. The van der Waals surface area contributed by atoms with Gasteiger partial charge in [0.2, 0.25) is 0 Å². The molecule has 0 amide bonds. The minimum Gasteiger partial charge on any atom is -0.381 e. The fraction of sp³-hybridized carbons (Fsp3) is 0.545. The molecule has 1 saturated heterocycles. The molecule has 0 spiro atoms. The average molecular weight is 235 g/mol. The van der Waals surface area contributed by atoms with Crippen LogP contribution in [0.2, 0.25) is 0 Å². The average Bonchev–Trinajstić information content (AvgIpc) is 2.98. The Hall–Kier alpha value is -1.69. The van der Waals surface area contributed by atoms with Crippen LogP contribution in [0.5, 0.6) is 0 Å². The quantitative estimate of drug-likeness (QED) is 0.790. The Morgan fingerprint density at radius 1 is 1.18 bits per heavy atom. The Kier molecular flexibility index (Phi) is 2.44. The van der Waals surface area contributed by atoms with Crippen molar-refractivity contribution in [2.75, 3.05) is 13.2 Å². The van der Waals surface area contributed by atoms with Gasteiger partial charge in [0.15, 0.2) is 5.82 Å². The Bertz CT molecular complexity index is 506. The predicted molar refractivity (Wildman–Crippen MR) is 57.4 cm³/mol. The van der Waals surface area contributed by atoms with E-state index in [0.29, 0.717) is 24.1 Å². The second kappa shape index (κ2) is 3.96. The molecule has 6 heteroatoms. The van der Waals surface area contributed by atoms with Crippen molar-refractivity contribution in [3.05, 3.63) is 17.3 Å². The molecule has 2 aromatic rings. The second-order valence-electron chi connectivity index (χ2n) is 4.22. The molecule has 17 heavy (non-hydrogen) atoms. The van der Waals surface area contributed by atoms with E-state index in [0.717, 1.165) is 24.3 Å². The predicted octanol–water partition coefficient (Wildman–Crippen LogP) is 1.85. The minimum absolute atomic E-state index is 0.243. The van der Waals surface area contributed by atoms with E-state index in [1.807, 2.05) is 13.8 Å². The van der Waals surface area contributed by atoms with Gasteiger partial charge in [-0.25, -0.2) is 0 Å². The standard InChI is InChI=1S/C11H13N3O3/c1-6-9(7(2)16-13-6)11-12-10(14-17-11)8-3-4-15-5-8/h8H,3-5H2,1-2H3/t8-/m1/s1. The van der Waals surface area contributed by atoms with Gasteiger partial charge in [-0.05, 0) is 20.3 Å². The third kappa shape index (κ3) is 1.74. The normalized spacial score (nSPS) is 20.0. The van der Waals surface area contributed by atoms with Gasteiger partial charge in [0.1, 0.15) is 11.3 Å². The molecule has 3 heterocycles. The van der Waals surface area contributed by atoms with E-state index in [1.54, 1.807) is 0 Å². The van der Waals surface area contributed by atoms with Crippen molar-refractivity contribution in [3.63, 3.8) is 0 Å². The van der Waals surface area contributed by atoms with Crippen molar-refractivity contribution in [2.24, 2.45) is 0 Å². The first-order valence-corrected chi connectivity index (χ1v) is 5.60. The lowest BCUT2D eigenvalue weighted by Crippen LogP contribution is -1.99. The maximum absolute atomic E-state index is 5.31. The van der Waals surface area contributed by atoms with Crippen molar-refractivity contribution in [3.8, 4) is 11.5 Å². The summed E-state index contributed by atoms with van der Waals surface area (Å²) in [6.45, 7) is 5.12. The van der Waals surface area contributed by atoms with Gasteiger partial charge in [-0.3, -0.25) is 0 Å². The van der Waals surface area contributed by atoms with E-state index >= 15 is 0 Å². The number of hydrogen-bond donors (Lipinski definition) is 0. The molecule has 0 aliphatic carbocycles. The molecule has 0 unspecified atom stereocenters. The van der Waals surface area contributed by atoms with Gasteiger partial charge in [-0.2, -0.15) is 4.98 Å². The summed E-state index contributed by atoms with van der Waals surface area (Å²) in [5.41, 5.74) is 1.56. The van der Waals surface area contributed by atoms with Crippen LogP contribution in [0.1, 0.15) is 29.6 Å². The lowest BCUT2D eigenvalue weighted by atomic mass is 10.1. The van der Waals surface area contributed by atoms with Crippen LogP contribution < -0.4 is 0 Å². The highest BCUT2D eigenvalue weighted by Crippen LogP contribution is 2.28. The van der Waals surface area contributed by atoms with Crippen LogP contribution >= 0.6 is 0 Å². The summed E-state index contributed by atoms with van der Waals surface area (Å²) in [5.74, 6) is 2.12. The molecule has 0 radical (unpaired) electrons. The van der Waals surface area contributed by atoms with Gasteiger partial charge in [-0.1, -0.05) is 10.3 Å². The maximum Gasteiger partial charge on any atom is 0.263 e. The summed E-state index contributed by atoms with van der Waals surface area (Å²) < 4.78 is 15.7. The number of nitrogens with zero attached hydrogens (tertiary/aromatic N) is 3. The number of aromatic nitrogens is 3. The van der Waals surface area contributed by atoms with Crippen LogP contribution in [-0.2, 0) is 4.74 Å². The Morgan fingerprint density at radius 3 is 2.71 bits per heavy atom. The summed E-state index contributed by atoms with van der Waals surface area (Å²) in [7, 11) is 0. The van der Waals surface area contributed by atoms with Crippen molar-refractivity contribution < 1.29 is 13.8 Å². The van der Waals surface area contributed by atoms with Crippen LogP contribution in [0.4, 0.5) is 0 Å². The van der Waals surface area contributed by atoms with Crippen LogP contribution in [-0.4, -0.2) is 28.5 Å². The fourth-order valence-electron chi connectivity index (χ4n) is 2.03. The number of ether oxygens (including phenoxy) is 1. The topological polar surface area (TPSA) is 74.2 Å². The summed E-state index contributed by atoms with van der Waals surface area (Å²) >= 11 is 0. The van der Waals surface area contributed by atoms with Gasteiger partial charge in [0, 0.05) is 12.5 Å². The summed E-state index contributed by atoms with van der Waals surface area (Å²) in [6, 6.07) is 0. The number of aryl methyl sites for hydroxylation is 2. The first-order chi connectivity index (χ1) is 8.25. The third-order valence-electron chi connectivity index (χ3n) is 2.98. The second-order valence-corrected chi connectivity index (χ2v) is 4.22. The fourth-order valence-corrected chi connectivity index (χ4v) is 2.03. The zero-order valence-electron chi connectivity index (χ0n) is 9.77. The van der Waals surface area contributed by atoms with E-state index < -0.39 is 0 Å². The van der Waals surface area contributed by atoms with E-state index in [9.17, 15) is 0 Å². The zero-order chi connectivity index (χ0) is 11.8. The molecule has 6 nitrogen and oxygen atoms in total. The molecule has 1 aliphatic rings. The molecule has 90 valence electrons. The molecule has 0 aromatic carbocycles. The molecule has 1 aliphatic heterocycles. The zero-order valence-corrected chi connectivity index (χ0v) is 9.77. The van der Waals surface area contributed by atoms with Crippen LogP contribution in [0.15, 0.2) is 9.05 Å². The highest BCUT2D eigenvalue weighted by atomic mass is 16.5. The van der Waals surface area contributed by atoms with Crippen molar-refractivity contribution in [1.29, 1.82) is 0 Å². The Balaban J connectivity index is 1.94. The largest absolute Gasteiger partial charge is 0.381 e. The number of hydrogen-bond acceptors (Lipinski definition) is 6. The van der Waals surface area contributed by atoms with Crippen LogP contribution in [0, 0.1) is 13.8 Å². The monoisotopic (exact) mass is 235 g/mol. The van der Waals surface area contributed by atoms with E-state index in [2.05, 4.69) is 15.3 Å². The maximum atomic E-state index is 5.31. The van der Waals surface area contributed by atoms with E-state index in [1.165, 1.54) is 0 Å². The van der Waals surface area contributed by atoms with Crippen LogP contribution in [0.3, 0.4) is 0 Å². The van der Waals surface area contributed by atoms with Crippen molar-refractivity contribution in [2.45, 2.75) is 26.2 Å². The van der Waals surface area contributed by atoms with Gasteiger partial charge >= 0.3 is 0 Å². The van der Waals surface area contributed by atoms with E-state index in [4.69, 9.17) is 13.8 Å². The van der Waals surface area contributed by atoms with Crippen molar-refractivity contribution >= 4 is 0 Å². The molecular formula is C11H13N3O3. The molecule has 2 aromatic heterocycles. The molecule has 0 bridgehead atoms. The molecule has 1 fully saturated rings. The highest BCUT2D eigenvalue weighted by molar-refractivity contribution is 5.57. The lowest BCUT2D eigenvalue weighted by molar-refractivity contribution is 0.192. The molecule has 3 rings (SSSR count). The summed E-state index contributed by atoms with van der Waals surface area (Å²) in [6.07, 6.45) is 0.945. The first-order valence-electron chi connectivity index (χ1n) is 5.60. The first kappa shape index (κ1) is 10.5. The van der Waals surface area contributed by atoms with Gasteiger partial charge in [-0.15, -0.1) is 0 Å².